The van der Waals surface area contributed by atoms with Crippen LogP contribution in [0.3, 0.4) is 0 Å². The van der Waals surface area contributed by atoms with Crippen LogP contribution in [-0.4, -0.2) is 68.5 Å². The molecule has 6 rings (SSSR count). The highest BCUT2D eigenvalue weighted by molar-refractivity contribution is 5.73. The van der Waals surface area contributed by atoms with E-state index in [9.17, 15) is 4.79 Å². The number of anilines is 1. The monoisotopic (exact) mass is 509 g/mol. The molecule has 9 nitrogen and oxygen atoms in total. The quantitative estimate of drug-likeness (QED) is 0.382. The van der Waals surface area contributed by atoms with Crippen LogP contribution in [0.15, 0.2) is 71.5 Å². The summed E-state index contributed by atoms with van der Waals surface area (Å²) in [5, 5.41) is 4.32. The molecule has 9 heteroatoms. The van der Waals surface area contributed by atoms with Gasteiger partial charge in [-0.05, 0) is 49.2 Å². The summed E-state index contributed by atoms with van der Waals surface area (Å²) in [5.74, 6) is 2.23. The van der Waals surface area contributed by atoms with Crippen molar-refractivity contribution in [3.8, 4) is 22.6 Å². The summed E-state index contributed by atoms with van der Waals surface area (Å²) in [7, 11) is 0. The molecule has 3 aromatic heterocycles. The number of carbonyl (C=O) groups is 1. The molecule has 2 saturated heterocycles. The van der Waals surface area contributed by atoms with Crippen molar-refractivity contribution in [3.63, 3.8) is 0 Å². The molecule has 2 fully saturated rings. The third-order valence-electron chi connectivity index (χ3n) is 7.44. The maximum absolute atomic E-state index is 11.6. The topological polar surface area (TPSA) is 91.5 Å². The van der Waals surface area contributed by atoms with E-state index in [1.807, 2.05) is 41.4 Å². The number of likely N-dealkylation sites (tertiary alicyclic amines) is 1. The van der Waals surface area contributed by atoms with Crippen LogP contribution in [0.25, 0.3) is 22.6 Å². The Morgan fingerprint density at radius 1 is 0.947 bits per heavy atom. The van der Waals surface area contributed by atoms with Crippen molar-refractivity contribution in [3.05, 3.63) is 78.4 Å². The molecule has 1 amide bonds. The molecule has 0 unspecified atom stereocenters. The van der Waals surface area contributed by atoms with Gasteiger partial charge < -0.3 is 14.3 Å². The number of carbonyl (C=O) groups excluding carboxylic acids is 1. The summed E-state index contributed by atoms with van der Waals surface area (Å²) in [6.45, 7) is 6.37. The molecule has 2 aliphatic rings. The molecule has 0 spiro atoms. The zero-order valence-corrected chi connectivity index (χ0v) is 21.5. The Morgan fingerprint density at radius 2 is 1.79 bits per heavy atom. The molecular weight excluding hydrogens is 478 g/mol. The minimum Gasteiger partial charge on any atom is -0.353 e. The Bertz CT molecular complexity index is 1380. The summed E-state index contributed by atoms with van der Waals surface area (Å²) < 4.78 is 5.78. The zero-order chi connectivity index (χ0) is 25.9. The number of hydrogen-bond acceptors (Lipinski definition) is 8. The highest BCUT2D eigenvalue weighted by Crippen LogP contribution is 2.34. The molecule has 38 heavy (non-hydrogen) atoms. The normalized spacial score (nSPS) is 18.2. The van der Waals surface area contributed by atoms with Gasteiger partial charge in [0.1, 0.15) is 5.82 Å². The number of rotatable bonds is 6. The fraction of sp³-hybridized carbons (Fsp3) is 0.345. The highest BCUT2D eigenvalue weighted by Gasteiger charge is 2.31. The molecule has 1 aromatic carbocycles. The van der Waals surface area contributed by atoms with Crippen LogP contribution in [0, 0.1) is 0 Å². The van der Waals surface area contributed by atoms with Crippen molar-refractivity contribution < 1.29 is 9.32 Å². The molecule has 0 N–H and O–H groups in total. The van der Waals surface area contributed by atoms with Gasteiger partial charge in [0, 0.05) is 63.2 Å². The summed E-state index contributed by atoms with van der Waals surface area (Å²) in [6.07, 6.45) is 5.70. The van der Waals surface area contributed by atoms with Crippen molar-refractivity contribution in [2.75, 3.05) is 37.6 Å². The Kier molecular flexibility index (Phi) is 6.83. The van der Waals surface area contributed by atoms with Gasteiger partial charge in [-0.2, -0.15) is 4.98 Å². The van der Waals surface area contributed by atoms with E-state index in [0.717, 1.165) is 61.7 Å². The number of aromatic nitrogens is 4. The number of nitrogens with zero attached hydrogens (tertiary/aromatic N) is 7. The molecule has 2 aliphatic heterocycles. The van der Waals surface area contributed by atoms with E-state index in [4.69, 9.17) is 9.51 Å². The second kappa shape index (κ2) is 10.7. The third kappa shape index (κ3) is 5.15. The van der Waals surface area contributed by atoms with Gasteiger partial charge in [-0.25, -0.2) is 4.98 Å². The standard InChI is InChI=1S/C29H31N7O2/c1-21(37)34-15-17-35(18-16-34)27-19-24(11-13-31-27)28-32-29(38-33-28)26-6-4-14-36(26)20-22-7-9-23(10-8-22)25-5-2-3-12-30-25/h2-3,5,7-13,19,26H,4,6,14-18,20H2,1H3/t26-/m0/s1. The van der Waals surface area contributed by atoms with E-state index in [0.29, 0.717) is 24.8 Å². The molecule has 0 radical (unpaired) electrons. The fourth-order valence-corrected chi connectivity index (χ4v) is 5.31. The van der Waals surface area contributed by atoms with Crippen molar-refractivity contribution in [2.24, 2.45) is 0 Å². The molecule has 4 aromatic rings. The number of benzene rings is 1. The van der Waals surface area contributed by atoms with Crippen molar-refractivity contribution in [2.45, 2.75) is 32.4 Å². The molecule has 0 saturated carbocycles. The van der Waals surface area contributed by atoms with E-state index in [2.05, 4.69) is 49.2 Å². The number of amides is 1. The summed E-state index contributed by atoms with van der Waals surface area (Å²) >= 11 is 0. The second-order valence-corrected chi connectivity index (χ2v) is 9.89. The predicted octanol–water partition coefficient (Wildman–Crippen LogP) is 4.20. The minimum absolute atomic E-state index is 0.104. The van der Waals surface area contributed by atoms with Gasteiger partial charge in [0.05, 0.1) is 11.7 Å². The molecular formula is C29H31N7O2. The highest BCUT2D eigenvalue weighted by atomic mass is 16.5. The van der Waals surface area contributed by atoms with Gasteiger partial charge in [0.2, 0.25) is 17.6 Å². The summed E-state index contributed by atoms with van der Waals surface area (Å²) in [5.41, 5.74) is 4.23. The molecule has 0 aliphatic carbocycles. The van der Waals surface area contributed by atoms with Crippen LogP contribution in [0.5, 0.6) is 0 Å². The first-order valence-electron chi connectivity index (χ1n) is 13.2. The van der Waals surface area contributed by atoms with Gasteiger partial charge in [0.25, 0.3) is 0 Å². The van der Waals surface area contributed by atoms with Gasteiger partial charge in [0.15, 0.2) is 0 Å². The number of pyridine rings is 2. The Labute approximate surface area is 222 Å². The Balaban J connectivity index is 1.13. The first-order chi connectivity index (χ1) is 18.6. The zero-order valence-electron chi connectivity index (χ0n) is 21.5. The summed E-state index contributed by atoms with van der Waals surface area (Å²) in [4.78, 5) is 31.9. The van der Waals surface area contributed by atoms with Crippen molar-refractivity contribution >= 4 is 11.7 Å². The number of piperazine rings is 1. The van der Waals surface area contributed by atoms with Crippen LogP contribution in [-0.2, 0) is 11.3 Å². The van der Waals surface area contributed by atoms with Gasteiger partial charge in [-0.3, -0.25) is 14.7 Å². The van der Waals surface area contributed by atoms with Gasteiger partial charge in [-0.15, -0.1) is 0 Å². The van der Waals surface area contributed by atoms with Gasteiger partial charge in [-0.1, -0.05) is 35.5 Å². The Morgan fingerprint density at radius 3 is 2.55 bits per heavy atom. The lowest BCUT2D eigenvalue weighted by molar-refractivity contribution is -0.129. The number of hydrogen-bond donors (Lipinski definition) is 0. The minimum atomic E-state index is 0.104. The molecule has 5 heterocycles. The largest absolute Gasteiger partial charge is 0.353 e. The van der Waals surface area contributed by atoms with E-state index >= 15 is 0 Å². The lowest BCUT2D eigenvalue weighted by atomic mass is 10.1. The maximum Gasteiger partial charge on any atom is 0.244 e. The fourth-order valence-electron chi connectivity index (χ4n) is 5.31. The average Bonchev–Trinajstić information content (AvgIpc) is 3.64. The van der Waals surface area contributed by atoms with Crippen LogP contribution in [0.4, 0.5) is 5.82 Å². The second-order valence-electron chi connectivity index (χ2n) is 9.89. The van der Waals surface area contributed by atoms with E-state index in [1.54, 1.807) is 13.1 Å². The summed E-state index contributed by atoms with van der Waals surface area (Å²) in [6, 6.07) is 18.6. The van der Waals surface area contributed by atoms with Crippen LogP contribution >= 0.6 is 0 Å². The smallest absolute Gasteiger partial charge is 0.244 e. The van der Waals surface area contributed by atoms with Gasteiger partial charge >= 0.3 is 0 Å². The first kappa shape index (κ1) is 24.2. The van der Waals surface area contributed by atoms with E-state index < -0.39 is 0 Å². The molecule has 0 bridgehead atoms. The Hall–Kier alpha value is -4.11. The van der Waals surface area contributed by atoms with Crippen molar-refractivity contribution in [1.29, 1.82) is 0 Å². The molecule has 194 valence electrons. The third-order valence-corrected chi connectivity index (χ3v) is 7.44. The predicted molar refractivity (Wildman–Crippen MR) is 144 cm³/mol. The molecule has 1 atom stereocenters. The SMILES string of the molecule is CC(=O)N1CCN(c2cc(-c3noc([C@@H]4CCCN4Cc4ccc(-c5ccccn5)cc4)n3)ccn2)CC1. The van der Waals surface area contributed by atoms with E-state index in [1.165, 1.54) is 5.56 Å². The van der Waals surface area contributed by atoms with Crippen LogP contribution < -0.4 is 4.90 Å². The lowest BCUT2D eigenvalue weighted by Gasteiger charge is -2.34. The first-order valence-corrected chi connectivity index (χ1v) is 13.2. The van der Waals surface area contributed by atoms with Crippen LogP contribution in [0.1, 0.15) is 37.3 Å². The van der Waals surface area contributed by atoms with Crippen LogP contribution in [0.2, 0.25) is 0 Å². The lowest BCUT2D eigenvalue weighted by Crippen LogP contribution is -2.48. The average molecular weight is 510 g/mol. The maximum atomic E-state index is 11.6. The van der Waals surface area contributed by atoms with Crippen molar-refractivity contribution in [1.82, 2.24) is 29.9 Å². The van der Waals surface area contributed by atoms with E-state index in [-0.39, 0.29) is 11.9 Å².